The maximum absolute atomic E-state index is 12.2. The zero-order chi connectivity index (χ0) is 24.5. The van der Waals surface area contributed by atoms with Crippen molar-refractivity contribution in [2.45, 2.75) is 32.6 Å². The van der Waals surface area contributed by atoms with Crippen molar-refractivity contribution in [3.05, 3.63) is 63.7 Å². The highest BCUT2D eigenvalue weighted by Gasteiger charge is 2.38. The molecule has 0 bridgehead atoms. The average molecular weight is 477 g/mol. The number of aromatic nitrogens is 4. The molecule has 3 aromatic heterocycles. The van der Waals surface area contributed by atoms with E-state index in [1.165, 1.54) is 10.1 Å². The number of nitrogens with zero attached hydrogens (tertiary/aromatic N) is 4. The molecule has 0 amide bonds. The number of para-hydroxylation sites is 2. The predicted molar refractivity (Wildman–Crippen MR) is 111 cm³/mol. The summed E-state index contributed by atoms with van der Waals surface area (Å²) < 4.78 is 43.9. The third-order valence-corrected chi connectivity index (χ3v) is 5.13. The van der Waals surface area contributed by atoms with Crippen LogP contribution in [-0.4, -0.2) is 43.5 Å². The molecule has 0 spiro atoms. The topological polar surface area (TPSA) is 136 Å². The first kappa shape index (κ1) is 23.2. The molecule has 178 valence electrons. The molecule has 0 saturated heterocycles. The number of halogens is 3. The Morgan fingerprint density at radius 2 is 2.03 bits per heavy atom. The van der Waals surface area contributed by atoms with Gasteiger partial charge in [0.2, 0.25) is 11.7 Å². The van der Waals surface area contributed by atoms with E-state index in [0.717, 1.165) is 36.3 Å². The number of nitrogens with one attached hydrogen (secondary N) is 1. The Balaban J connectivity index is 0.000000344. The van der Waals surface area contributed by atoms with Crippen LogP contribution in [0.5, 0.6) is 0 Å². The number of alkyl halides is 3. The number of carboxylic acids is 1. The van der Waals surface area contributed by atoms with E-state index in [1.54, 1.807) is 6.07 Å². The molecule has 34 heavy (non-hydrogen) atoms. The lowest BCUT2D eigenvalue weighted by atomic mass is 9.95. The van der Waals surface area contributed by atoms with E-state index >= 15 is 0 Å². The van der Waals surface area contributed by atoms with Crippen molar-refractivity contribution < 1.29 is 32.0 Å². The van der Waals surface area contributed by atoms with Crippen molar-refractivity contribution in [2.75, 3.05) is 6.54 Å². The second-order valence-electron chi connectivity index (χ2n) is 7.39. The number of aliphatic carboxylic acids is 1. The first-order valence-electron chi connectivity index (χ1n) is 10.0. The summed E-state index contributed by atoms with van der Waals surface area (Å²) in [5, 5.41) is 14.6. The van der Waals surface area contributed by atoms with Crippen LogP contribution in [0.4, 0.5) is 13.2 Å². The first-order valence-corrected chi connectivity index (χ1v) is 10.0. The maximum Gasteiger partial charge on any atom is 0.490 e. The Kier molecular flexibility index (Phi) is 6.20. The molecule has 13 heteroatoms. The van der Waals surface area contributed by atoms with Crippen LogP contribution in [0.3, 0.4) is 0 Å². The highest BCUT2D eigenvalue weighted by atomic mass is 19.4. The third-order valence-electron chi connectivity index (χ3n) is 5.13. The Morgan fingerprint density at radius 1 is 1.29 bits per heavy atom. The summed E-state index contributed by atoms with van der Waals surface area (Å²) >= 11 is 0. The number of carbonyl (C=O) groups is 1. The van der Waals surface area contributed by atoms with Crippen molar-refractivity contribution in [3.8, 4) is 11.4 Å². The van der Waals surface area contributed by atoms with Gasteiger partial charge in [0.05, 0.1) is 5.52 Å². The highest BCUT2D eigenvalue weighted by Crippen LogP contribution is 2.28. The van der Waals surface area contributed by atoms with Gasteiger partial charge in [0.1, 0.15) is 6.54 Å². The van der Waals surface area contributed by atoms with Crippen LogP contribution in [0.15, 0.2) is 44.2 Å². The van der Waals surface area contributed by atoms with Gasteiger partial charge in [-0.3, -0.25) is 9.55 Å². The van der Waals surface area contributed by atoms with Gasteiger partial charge in [0.15, 0.2) is 5.58 Å². The number of carboxylic acid groups (broad SMARTS) is 1. The summed E-state index contributed by atoms with van der Waals surface area (Å²) in [7, 11) is 0. The van der Waals surface area contributed by atoms with Crippen LogP contribution in [0.25, 0.3) is 22.5 Å². The molecule has 2 N–H and O–H groups in total. The van der Waals surface area contributed by atoms with Crippen molar-refractivity contribution >= 4 is 17.1 Å². The molecule has 1 aromatic carbocycles. The zero-order valence-corrected chi connectivity index (χ0v) is 17.7. The number of pyridine rings is 1. The number of oxazole rings is 1. The smallest absolute Gasteiger partial charge is 0.475 e. The van der Waals surface area contributed by atoms with Gasteiger partial charge in [0.25, 0.3) is 0 Å². The van der Waals surface area contributed by atoms with Crippen LogP contribution in [0.2, 0.25) is 0 Å². The minimum Gasteiger partial charge on any atom is -0.475 e. The van der Waals surface area contributed by atoms with E-state index < -0.39 is 17.9 Å². The van der Waals surface area contributed by atoms with Gasteiger partial charge in [-0.1, -0.05) is 17.3 Å². The highest BCUT2D eigenvalue weighted by molar-refractivity contribution is 5.73. The molecular formula is C21H18F3N5O5. The normalized spacial score (nSPS) is 13.3. The molecule has 0 unspecified atom stereocenters. The average Bonchev–Trinajstić information content (AvgIpc) is 3.38. The van der Waals surface area contributed by atoms with Gasteiger partial charge in [-0.05, 0) is 43.1 Å². The minimum atomic E-state index is -5.08. The summed E-state index contributed by atoms with van der Waals surface area (Å²) in [4.78, 5) is 30.1. The summed E-state index contributed by atoms with van der Waals surface area (Å²) in [6.45, 7) is 3.80. The second kappa shape index (κ2) is 9.09. The fourth-order valence-electron chi connectivity index (χ4n) is 3.59. The Labute approximate surface area is 189 Å². The lowest BCUT2D eigenvalue weighted by molar-refractivity contribution is -0.192. The molecule has 10 nitrogen and oxygen atoms in total. The predicted octanol–water partition coefficient (Wildman–Crippen LogP) is 2.68. The zero-order valence-electron chi connectivity index (χ0n) is 17.7. The van der Waals surface area contributed by atoms with Gasteiger partial charge in [-0.2, -0.15) is 18.2 Å². The van der Waals surface area contributed by atoms with Crippen LogP contribution < -0.4 is 11.1 Å². The first-order chi connectivity index (χ1) is 16.1. The largest absolute Gasteiger partial charge is 0.490 e. The molecule has 0 saturated carbocycles. The van der Waals surface area contributed by atoms with E-state index in [0.29, 0.717) is 22.8 Å². The van der Waals surface area contributed by atoms with Crippen LogP contribution >= 0.6 is 0 Å². The van der Waals surface area contributed by atoms with Gasteiger partial charge in [-0.25, -0.2) is 9.59 Å². The standard InChI is InChI=1S/C19H17N5O3.C2HF3O2/c1-11-17(13-6-7-20-8-12(13)9-21-11)18-22-16(27-23-18)10-24-14-4-2-3-5-15(14)26-19(24)25;3-2(4,5)1(6)7/h2-5,9,20H,6-8,10H2,1H3;(H,6,7). The lowest BCUT2D eigenvalue weighted by Crippen LogP contribution is -2.24. The molecule has 0 aliphatic carbocycles. The molecule has 0 atom stereocenters. The summed E-state index contributed by atoms with van der Waals surface area (Å²) in [6, 6.07) is 7.26. The third kappa shape index (κ3) is 4.69. The SMILES string of the molecule is Cc1ncc2c(c1-c1noc(Cn3c(=O)oc4ccccc43)n1)CCNC2.O=C(O)C(F)(F)F. The van der Waals surface area contributed by atoms with E-state index in [2.05, 4.69) is 20.4 Å². The summed E-state index contributed by atoms with van der Waals surface area (Å²) in [5.74, 6) is -2.34. The number of rotatable bonds is 3. The number of hydrogen-bond donors (Lipinski definition) is 2. The van der Waals surface area contributed by atoms with Gasteiger partial charge in [-0.15, -0.1) is 0 Å². The molecule has 0 radical (unpaired) electrons. The van der Waals surface area contributed by atoms with Crippen molar-refractivity contribution in [1.29, 1.82) is 0 Å². The Morgan fingerprint density at radius 3 is 2.76 bits per heavy atom. The molecule has 4 heterocycles. The minimum absolute atomic E-state index is 0.159. The number of hydrogen-bond acceptors (Lipinski definition) is 8. The molecular weight excluding hydrogens is 459 g/mol. The van der Waals surface area contributed by atoms with Crippen LogP contribution in [-0.2, 0) is 24.3 Å². The lowest BCUT2D eigenvalue weighted by Gasteiger charge is -2.19. The van der Waals surface area contributed by atoms with Crippen LogP contribution in [0, 0.1) is 6.92 Å². The molecule has 1 aliphatic heterocycles. The Bertz CT molecular complexity index is 1410. The monoisotopic (exact) mass is 477 g/mol. The fraction of sp³-hybridized carbons (Fsp3) is 0.286. The van der Waals surface area contributed by atoms with Gasteiger partial charge in [0, 0.05) is 24.0 Å². The van der Waals surface area contributed by atoms with Crippen molar-refractivity contribution in [3.63, 3.8) is 0 Å². The van der Waals surface area contributed by atoms with Gasteiger partial charge < -0.3 is 19.4 Å². The summed E-state index contributed by atoms with van der Waals surface area (Å²) in [5.41, 5.74) is 5.39. The van der Waals surface area contributed by atoms with E-state index in [-0.39, 0.29) is 6.54 Å². The van der Waals surface area contributed by atoms with Gasteiger partial charge >= 0.3 is 17.9 Å². The summed E-state index contributed by atoms with van der Waals surface area (Å²) in [6.07, 6.45) is -2.29. The maximum atomic E-state index is 12.2. The molecule has 4 aromatic rings. The van der Waals surface area contributed by atoms with E-state index in [4.69, 9.17) is 18.8 Å². The fourth-order valence-corrected chi connectivity index (χ4v) is 3.59. The number of aryl methyl sites for hydroxylation is 1. The van der Waals surface area contributed by atoms with E-state index in [1.807, 2.05) is 31.3 Å². The van der Waals surface area contributed by atoms with Crippen molar-refractivity contribution in [1.82, 2.24) is 25.0 Å². The quantitative estimate of drug-likeness (QED) is 0.456. The van der Waals surface area contributed by atoms with E-state index in [9.17, 15) is 18.0 Å². The van der Waals surface area contributed by atoms with Crippen molar-refractivity contribution in [2.24, 2.45) is 0 Å². The van der Waals surface area contributed by atoms with Crippen LogP contribution in [0.1, 0.15) is 22.7 Å². The molecule has 5 rings (SSSR count). The number of benzene rings is 1. The Hall–Kier alpha value is -4.00. The number of fused-ring (bicyclic) bond motifs is 2. The molecule has 1 aliphatic rings. The molecule has 0 fully saturated rings. The second-order valence-corrected chi connectivity index (χ2v) is 7.39.